The second-order valence-electron chi connectivity index (χ2n) is 5.14. The van der Waals surface area contributed by atoms with Crippen LogP contribution in [0.15, 0.2) is 24.3 Å². The number of rotatable bonds is 1. The summed E-state index contributed by atoms with van der Waals surface area (Å²) in [6, 6.07) is 7.68. The van der Waals surface area contributed by atoms with Gasteiger partial charge in [-0.25, -0.2) is 0 Å². The first-order valence-electron chi connectivity index (χ1n) is 5.56. The second-order valence-corrected chi connectivity index (χ2v) is 5.54. The van der Waals surface area contributed by atoms with E-state index < -0.39 is 0 Å². The molecule has 1 aromatic heterocycles. The van der Waals surface area contributed by atoms with E-state index in [-0.39, 0.29) is 5.41 Å². The number of hydrogen-bond acceptors (Lipinski definition) is 2. The molecule has 0 spiro atoms. The fourth-order valence-corrected chi connectivity index (χ4v) is 2.08. The van der Waals surface area contributed by atoms with Gasteiger partial charge >= 0.3 is 0 Å². The maximum atomic E-state index is 6.17. The molecule has 1 heterocycles. The van der Waals surface area contributed by atoms with Crippen LogP contribution in [0.25, 0.3) is 11.4 Å². The summed E-state index contributed by atoms with van der Waals surface area (Å²) in [5.41, 5.74) is 0.890. The summed E-state index contributed by atoms with van der Waals surface area (Å²) < 4.78 is 2.00. The molecule has 2 rings (SSSR count). The lowest BCUT2D eigenvalue weighted by Gasteiger charge is -2.17. The van der Waals surface area contributed by atoms with Gasteiger partial charge in [0, 0.05) is 18.0 Å². The van der Waals surface area contributed by atoms with Crippen molar-refractivity contribution < 1.29 is 0 Å². The van der Waals surface area contributed by atoms with Gasteiger partial charge in [-0.3, -0.25) is 0 Å². The quantitative estimate of drug-likeness (QED) is 0.775. The van der Waals surface area contributed by atoms with Gasteiger partial charge in [0.15, 0.2) is 5.82 Å². The Kier molecular flexibility index (Phi) is 2.96. The van der Waals surface area contributed by atoms with Gasteiger partial charge < -0.3 is 4.57 Å². The van der Waals surface area contributed by atoms with E-state index in [0.29, 0.717) is 5.02 Å². The van der Waals surface area contributed by atoms with E-state index in [1.807, 2.05) is 35.9 Å². The fraction of sp³-hybridized carbons (Fsp3) is 0.385. The molecule has 0 radical (unpaired) electrons. The highest BCUT2D eigenvalue weighted by Crippen LogP contribution is 2.28. The third kappa shape index (κ3) is 2.20. The lowest BCUT2D eigenvalue weighted by molar-refractivity contribution is 0.521. The van der Waals surface area contributed by atoms with Gasteiger partial charge in [0.25, 0.3) is 0 Å². The Hall–Kier alpha value is -1.35. The van der Waals surface area contributed by atoms with Crippen molar-refractivity contribution in [3.05, 3.63) is 35.1 Å². The zero-order chi connectivity index (χ0) is 12.6. The lowest BCUT2D eigenvalue weighted by atomic mass is 9.96. The van der Waals surface area contributed by atoms with Crippen LogP contribution in [0.5, 0.6) is 0 Å². The minimum atomic E-state index is -0.0265. The van der Waals surface area contributed by atoms with Crippen LogP contribution in [-0.2, 0) is 12.5 Å². The second kappa shape index (κ2) is 4.15. The maximum absolute atomic E-state index is 6.17. The average molecular weight is 250 g/mol. The van der Waals surface area contributed by atoms with Crippen molar-refractivity contribution in [3.8, 4) is 11.4 Å². The number of nitrogens with zero attached hydrogens (tertiary/aromatic N) is 3. The summed E-state index contributed by atoms with van der Waals surface area (Å²) in [6.45, 7) is 6.36. The van der Waals surface area contributed by atoms with Crippen LogP contribution >= 0.6 is 11.6 Å². The molecule has 0 N–H and O–H groups in total. The molecule has 0 aliphatic heterocycles. The standard InChI is InChI=1S/C13H16ClN3/c1-13(2,3)12-16-15-11(17(12)4)9-7-5-6-8-10(9)14/h5-8H,1-4H3. The maximum Gasteiger partial charge on any atom is 0.165 e. The third-order valence-electron chi connectivity index (χ3n) is 2.66. The predicted octanol–water partition coefficient (Wildman–Crippen LogP) is 3.43. The molecule has 0 saturated heterocycles. The molecule has 1 aromatic carbocycles. The highest BCUT2D eigenvalue weighted by Gasteiger charge is 2.23. The zero-order valence-electron chi connectivity index (χ0n) is 10.5. The first-order chi connectivity index (χ1) is 7.91. The lowest BCUT2D eigenvalue weighted by Crippen LogP contribution is -2.17. The Morgan fingerprint density at radius 3 is 2.29 bits per heavy atom. The van der Waals surface area contributed by atoms with Gasteiger partial charge in [0.05, 0.1) is 5.02 Å². The van der Waals surface area contributed by atoms with Crippen molar-refractivity contribution in [1.29, 1.82) is 0 Å². The Morgan fingerprint density at radius 2 is 1.76 bits per heavy atom. The van der Waals surface area contributed by atoms with Crippen molar-refractivity contribution in [2.45, 2.75) is 26.2 Å². The van der Waals surface area contributed by atoms with Crippen molar-refractivity contribution in [2.24, 2.45) is 7.05 Å². The molecule has 0 unspecified atom stereocenters. The van der Waals surface area contributed by atoms with E-state index in [1.165, 1.54) is 0 Å². The number of hydrogen-bond donors (Lipinski definition) is 0. The molecule has 0 atom stereocenters. The van der Waals surface area contributed by atoms with Crippen LogP contribution < -0.4 is 0 Å². The SMILES string of the molecule is Cn1c(-c2ccccc2Cl)nnc1C(C)(C)C. The molecule has 0 amide bonds. The van der Waals surface area contributed by atoms with Gasteiger partial charge in [-0.2, -0.15) is 0 Å². The molecular weight excluding hydrogens is 234 g/mol. The van der Waals surface area contributed by atoms with Crippen molar-refractivity contribution in [3.63, 3.8) is 0 Å². The monoisotopic (exact) mass is 249 g/mol. The van der Waals surface area contributed by atoms with E-state index >= 15 is 0 Å². The van der Waals surface area contributed by atoms with E-state index in [1.54, 1.807) is 0 Å². The highest BCUT2D eigenvalue weighted by molar-refractivity contribution is 6.33. The molecule has 0 saturated carbocycles. The van der Waals surface area contributed by atoms with Gasteiger partial charge in [0.1, 0.15) is 5.82 Å². The smallest absolute Gasteiger partial charge is 0.165 e. The molecular formula is C13H16ClN3. The summed E-state index contributed by atoms with van der Waals surface area (Å²) in [7, 11) is 1.97. The van der Waals surface area contributed by atoms with E-state index in [9.17, 15) is 0 Å². The highest BCUT2D eigenvalue weighted by atomic mass is 35.5. The molecule has 0 fully saturated rings. The average Bonchev–Trinajstić information content (AvgIpc) is 2.60. The van der Waals surface area contributed by atoms with Crippen LogP contribution in [0, 0.1) is 0 Å². The zero-order valence-corrected chi connectivity index (χ0v) is 11.3. The molecule has 17 heavy (non-hydrogen) atoms. The van der Waals surface area contributed by atoms with E-state index in [4.69, 9.17) is 11.6 Å². The number of benzene rings is 1. The summed E-state index contributed by atoms with van der Waals surface area (Å²) in [5.74, 6) is 1.76. The third-order valence-corrected chi connectivity index (χ3v) is 2.99. The summed E-state index contributed by atoms with van der Waals surface area (Å²) in [5, 5.41) is 9.20. The van der Waals surface area contributed by atoms with Gasteiger partial charge in [-0.05, 0) is 12.1 Å². The van der Waals surface area contributed by atoms with Gasteiger partial charge in [0.2, 0.25) is 0 Å². The number of aromatic nitrogens is 3. The van der Waals surface area contributed by atoms with Crippen molar-refractivity contribution >= 4 is 11.6 Å². The van der Waals surface area contributed by atoms with Crippen LogP contribution in [0.4, 0.5) is 0 Å². The van der Waals surface area contributed by atoms with E-state index in [2.05, 4.69) is 31.0 Å². The molecule has 3 nitrogen and oxygen atoms in total. The van der Waals surface area contributed by atoms with Crippen LogP contribution in [0.1, 0.15) is 26.6 Å². The summed E-state index contributed by atoms with van der Waals surface area (Å²) in [4.78, 5) is 0. The topological polar surface area (TPSA) is 30.7 Å². The van der Waals surface area contributed by atoms with Crippen LogP contribution in [0.2, 0.25) is 5.02 Å². The summed E-state index contributed by atoms with van der Waals surface area (Å²) in [6.07, 6.45) is 0. The Morgan fingerprint density at radius 1 is 1.12 bits per heavy atom. The first-order valence-corrected chi connectivity index (χ1v) is 5.94. The molecule has 0 aliphatic rings. The Balaban J connectivity index is 2.56. The first kappa shape index (κ1) is 12.1. The largest absolute Gasteiger partial charge is 0.314 e. The molecule has 4 heteroatoms. The Labute approximate surface area is 106 Å². The van der Waals surface area contributed by atoms with Crippen LogP contribution in [-0.4, -0.2) is 14.8 Å². The van der Waals surface area contributed by atoms with Gasteiger partial charge in [-0.15, -0.1) is 10.2 Å². The molecule has 0 aliphatic carbocycles. The van der Waals surface area contributed by atoms with Crippen molar-refractivity contribution in [2.75, 3.05) is 0 Å². The fourth-order valence-electron chi connectivity index (χ4n) is 1.86. The van der Waals surface area contributed by atoms with Crippen molar-refractivity contribution in [1.82, 2.24) is 14.8 Å². The van der Waals surface area contributed by atoms with E-state index in [0.717, 1.165) is 17.2 Å². The molecule has 90 valence electrons. The summed E-state index contributed by atoms with van der Waals surface area (Å²) >= 11 is 6.17. The number of halogens is 1. The minimum Gasteiger partial charge on any atom is -0.314 e. The van der Waals surface area contributed by atoms with Crippen LogP contribution in [0.3, 0.4) is 0 Å². The Bertz CT molecular complexity index is 538. The molecule has 2 aromatic rings. The predicted molar refractivity (Wildman–Crippen MR) is 70.1 cm³/mol. The normalized spacial score (nSPS) is 11.8. The minimum absolute atomic E-state index is 0.0265. The van der Waals surface area contributed by atoms with Gasteiger partial charge in [-0.1, -0.05) is 44.5 Å². The molecule has 0 bridgehead atoms.